The Bertz CT molecular complexity index is 392. The van der Waals surface area contributed by atoms with Gasteiger partial charge in [0.15, 0.2) is 5.96 Å². The normalized spacial score (nSPS) is 11.7. The number of hydrogen-bond donors (Lipinski definition) is 2. The number of nitrogens with one attached hydrogen (secondary N) is 2. The van der Waals surface area contributed by atoms with Crippen LogP contribution in [-0.2, 0) is 26.4 Å². The summed E-state index contributed by atoms with van der Waals surface area (Å²) in [5.41, 5.74) is 3.76. The molecule has 1 aromatic heterocycles. The molecule has 0 aliphatic carbocycles. The third kappa shape index (κ3) is 2.99. The van der Waals surface area contributed by atoms with E-state index in [9.17, 15) is 0 Å². The van der Waals surface area contributed by atoms with Gasteiger partial charge in [-0.25, -0.2) is 0 Å². The second-order valence-corrected chi connectivity index (χ2v) is 3.88. The molecule has 0 spiro atoms. The maximum atomic E-state index is 4.55. The van der Waals surface area contributed by atoms with Crippen LogP contribution in [0.3, 0.4) is 0 Å². The first-order valence-corrected chi connectivity index (χ1v) is 6.09. The van der Waals surface area contributed by atoms with E-state index < -0.39 is 0 Å². The fourth-order valence-corrected chi connectivity index (χ4v) is 2.05. The number of nitrogens with zero attached hydrogens (tertiary/aromatic N) is 3. The van der Waals surface area contributed by atoms with E-state index in [0.717, 1.165) is 25.3 Å². The Labute approximate surface area is 103 Å². The van der Waals surface area contributed by atoms with Crippen LogP contribution in [0.1, 0.15) is 30.8 Å². The summed E-state index contributed by atoms with van der Waals surface area (Å²) in [6.07, 6.45) is 1.96. The van der Waals surface area contributed by atoms with E-state index in [2.05, 4.69) is 34.6 Å². The molecule has 0 saturated heterocycles. The van der Waals surface area contributed by atoms with Crippen LogP contribution in [0, 0.1) is 0 Å². The van der Waals surface area contributed by atoms with Crippen molar-refractivity contribution in [3.63, 3.8) is 0 Å². The molecule has 1 heterocycles. The van der Waals surface area contributed by atoms with Crippen LogP contribution in [0.4, 0.5) is 0 Å². The summed E-state index contributed by atoms with van der Waals surface area (Å²) < 4.78 is 1.98. The highest BCUT2D eigenvalue weighted by molar-refractivity contribution is 5.79. The van der Waals surface area contributed by atoms with Gasteiger partial charge in [0.25, 0.3) is 0 Å². The molecule has 2 N–H and O–H groups in total. The van der Waals surface area contributed by atoms with Gasteiger partial charge in [0.1, 0.15) is 0 Å². The zero-order valence-corrected chi connectivity index (χ0v) is 11.5. The van der Waals surface area contributed by atoms with Gasteiger partial charge >= 0.3 is 0 Å². The van der Waals surface area contributed by atoms with Gasteiger partial charge in [0.05, 0.1) is 5.69 Å². The predicted molar refractivity (Wildman–Crippen MR) is 71.2 cm³/mol. The summed E-state index contributed by atoms with van der Waals surface area (Å²) >= 11 is 0. The average Bonchev–Trinajstić information content (AvgIpc) is 2.66. The number of aromatic nitrogens is 2. The molecule has 0 aromatic carbocycles. The summed E-state index contributed by atoms with van der Waals surface area (Å²) in [6, 6.07) is 0. The van der Waals surface area contributed by atoms with Crippen molar-refractivity contribution < 1.29 is 0 Å². The number of guanidine groups is 1. The van der Waals surface area contributed by atoms with E-state index in [0.29, 0.717) is 0 Å². The smallest absolute Gasteiger partial charge is 0.190 e. The van der Waals surface area contributed by atoms with Crippen molar-refractivity contribution in [2.45, 2.75) is 33.2 Å². The van der Waals surface area contributed by atoms with Crippen molar-refractivity contribution in [3.05, 3.63) is 17.0 Å². The molecule has 0 fully saturated rings. The molecule has 0 saturated carbocycles. The molecule has 1 aromatic rings. The number of rotatable bonds is 4. The lowest BCUT2D eigenvalue weighted by Gasteiger charge is -2.10. The monoisotopic (exact) mass is 237 g/mol. The van der Waals surface area contributed by atoms with E-state index in [4.69, 9.17) is 0 Å². The molecular formula is C12H23N5. The maximum Gasteiger partial charge on any atom is 0.190 e. The second kappa shape index (κ2) is 6.27. The van der Waals surface area contributed by atoms with Crippen LogP contribution in [-0.4, -0.2) is 29.8 Å². The Kier molecular flexibility index (Phi) is 5.00. The van der Waals surface area contributed by atoms with E-state index >= 15 is 0 Å². The first kappa shape index (κ1) is 13.5. The van der Waals surface area contributed by atoms with Gasteiger partial charge in [-0.3, -0.25) is 9.67 Å². The molecular weight excluding hydrogens is 214 g/mol. The van der Waals surface area contributed by atoms with Crippen LogP contribution in [0.25, 0.3) is 0 Å². The lowest BCUT2D eigenvalue weighted by Crippen LogP contribution is -2.34. The van der Waals surface area contributed by atoms with Gasteiger partial charge in [-0.15, -0.1) is 0 Å². The molecule has 17 heavy (non-hydrogen) atoms. The second-order valence-electron chi connectivity index (χ2n) is 3.88. The van der Waals surface area contributed by atoms with Gasteiger partial charge in [-0.05, 0) is 12.8 Å². The van der Waals surface area contributed by atoms with Crippen LogP contribution in [0.15, 0.2) is 4.99 Å². The Balaban J connectivity index is 2.88. The van der Waals surface area contributed by atoms with Crippen molar-refractivity contribution in [1.29, 1.82) is 0 Å². The van der Waals surface area contributed by atoms with Crippen LogP contribution in [0.5, 0.6) is 0 Å². The molecule has 0 amide bonds. The molecule has 5 heteroatoms. The standard InChI is InChI=1S/C12H23N5/c1-6-10-9(8-15-12(13-3)14-4)11(7-2)17(5)16-10/h6-8H2,1-5H3,(H2,13,14,15). The molecule has 0 radical (unpaired) electrons. The lowest BCUT2D eigenvalue weighted by atomic mass is 10.1. The Hall–Kier alpha value is -1.52. The zero-order valence-electron chi connectivity index (χ0n) is 11.5. The van der Waals surface area contributed by atoms with E-state index in [1.54, 1.807) is 7.05 Å². The summed E-state index contributed by atoms with van der Waals surface area (Å²) in [7, 11) is 5.64. The quantitative estimate of drug-likeness (QED) is 0.603. The van der Waals surface area contributed by atoms with Gasteiger partial charge < -0.3 is 10.6 Å². The van der Waals surface area contributed by atoms with Gasteiger partial charge in [0, 0.05) is 38.9 Å². The molecule has 0 aliphatic rings. The highest BCUT2D eigenvalue weighted by Crippen LogP contribution is 2.14. The Morgan fingerprint density at radius 2 is 2.06 bits per heavy atom. The topological polar surface area (TPSA) is 54.2 Å². The van der Waals surface area contributed by atoms with Crippen molar-refractivity contribution in [3.8, 4) is 0 Å². The van der Waals surface area contributed by atoms with Gasteiger partial charge in [-0.1, -0.05) is 13.8 Å². The summed E-state index contributed by atoms with van der Waals surface area (Å²) in [5.74, 6) is 0.804. The van der Waals surface area contributed by atoms with Crippen LogP contribution >= 0.6 is 0 Å². The molecule has 0 bridgehead atoms. The van der Waals surface area contributed by atoms with E-state index in [1.807, 2.05) is 18.8 Å². The first-order chi connectivity index (χ1) is 8.17. The molecule has 0 aliphatic heterocycles. The molecule has 5 nitrogen and oxygen atoms in total. The van der Waals surface area contributed by atoms with Crippen LogP contribution in [0.2, 0.25) is 0 Å². The fourth-order valence-electron chi connectivity index (χ4n) is 2.05. The lowest BCUT2D eigenvalue weighted by molar-refractivity contribution is 0.702. The summed E-state index contributed by atoms with van der Waals surface area (Å²) in [6.45, 7) is 5.07. The van der Waals surface area contributed by atoms with E-state index in [-0.39, 0.29) is 0 Å². The van der Waals surface area contributed by atoms with E-state index in [1.165, 1.54) is 17.0 Å². The van der Waals surface area contributed by atoms with Crippen molar-refractivity contribution in [2.75, 3.05) is 14.1 Å². The molecule has 0 unspecified atom stereocenters. The van der Waals surface area contributed by atoms with Crippen molar-refractivity contribution >= 4 is 5.96 Å². The minimum absolute atomic E-state index is 0.772. The zero-order chi connectivity index (χ0) is 12.8. The Morgan fingerprint density at radius 3 is 2.53 bits per heavy atom. The molecule has 96 valence electrons. The number of aryl methyl sites for hydroxylation is 2. The summed E-state index contributed by atoms with van der Waals surface area (Å²) in [5, 5.41) is 10.8. The van der Waals surface area contributed by atoms with Gasteiger partial charge in [0.2, 0.25) is 0 Å². The van der Waals surface area contributed by atoms with Crippen LogP contribution < -0.4 is 10.6 Å². The fraction of sp³-hybridized carbons (Fsp3) is 0.667. The largest absolute Gasteiger partial charge is 0.359 e. The summed E-state index contributed by atoms with van der Waals surface area (Å²) in [4.78, 5) is 4.11. The number of aliphatic imine (C=N–C) groups is 1. The number of hydrogen-bond acceptors (Lipinski definition) is 2. The van der Waals surface area contributed by atoms with Crippen molar-refractivity contribution in [2.24, 2.45) is 12.0 Å². The third-order valence-electron chi connectivity index (χ3n) is 2.92. The highest BCUT2D eigenvalue weighted by atomic mass is 15.3. The third-order valence-corrected chi connectivity index (χ3v) is 2.92. The average molecular weight is 237 g/mol. The predicted octanol–water partition coefficient (Wildman–Crippen LogP) is 0.840. The first-order valence-electron chi connectivity index (χ1n) is 6.09. The minimum Gasteiger partial charge on any atom is -0.359 e. The molecule has 0 atom stereocenters. The maximum absolute atomic E-state index is 4.55. The SMILES string of the molecule is CCc1nn(C)c(CC)c1CNC(=NC)NC. The highest BCUT2D eigenvalue weighted by Gasteiger charge is 2.13. The molecule has 1 rings (SSSR count). The van der Waals surface area contributed by atoms with Gasteiger partial charge in [-0.2, -0.15) is 5.10 Å². The van der Waals surface area contributed by atoms with Crippen molar-refractivity contribution in [1.82, 2.24) is 20.4 Å². The minimum atomic E-state index is 0.772. The Morgan fingerprint density at radius 1 is 1.35 bits per heavy atom.